The highest BCUT2D eigenvalue weighted by atomic mass is 79.9. The Morgan fingerprint density at radius 3 is 2.81 bits per heavy atom. The van der Waals surface area contributed by atoms with E-state index < -0.39 is 6.04 Å². The van der Waals surface area contributed by atoms with Gasteiger partial charge in [0.15, 0.2) is 10.6 Å². The van der Waals surface area contributed by atoms with E-state index in [2.05, 4.69) is 20.9 Å². The molecular weight excluding hydrogens is 480 g/mol. The molecule has 3 heterocycles. The van der Waals surface area contributed by atoms with Gasteiger partial charge < -0.3 is 9.15 Å². The SMILES string of the molecule is CCOc1cccc([C@@H]2c3c(oc4ccc(Br)cc4c3=O)C(=O)N2c2nc(C)cs2)c1. The number of nitrogens with zero attached hydrogens (tertiary/aromatic N) is 2. The van der Waals surface area contributed by atoms with Crippen molar-refractivity contribution >= 4 is 49.3 Å². The van der Waals surface area contributed by atoms with Crippen molar-refractivity contribution in [1.82, 2.24) is 4.98 Å². The maximum atomic E-state index is 13.6. The highest BCUT2D eigenvalue weighted by Crippen LogP contribution is 2.42. The third kappa shape index (κ3) is 3.26. The molecule has 6 nitrogen and oxygen atoms in total. The van der Waals surface area contributed by atoms with Gasteiger partial charge in [0, 0.05) is 9.85 Å². The summed E-state index contributed by atoms with van der Waals surface area (Å²) in [5, 5.41) is 2.82. The molecule has 1 atom stereocenters. The lowest BCUT2D eigenvalue weighted by molar-refractivity contribution is 0.0971. The van der Waals surface area contributed by atoms with Gasteiger partial charge in [-0.1, -0.05) is 28.1 Å². The molecule has 5 rings (SSSR count). The van der Waals surface area contributed by atoms with E-state index in [-0.39, 0.29) is 17.1 Å². The molecule has 1 aliphatic rings. The average Bonchev–Trinajstić information content (AvgIpc) is 3.30. The van der Waals surface area contributed by atoms with Gasteiger partial charge in [-0.2, -0.15) is 0 Å². The largest absolute Gasteiger partial charge is 0.494 e. The van der Waals surface area contributed by atoms with E-state index in [0.29, 0.717) is 34.0 Å². The van der Waals surface area contributed by atoms with Crippen LogP contribution in [0, 0.1) is 6.92 Å². The summed E-state index contributed by atoms with van der Waals surface area (Å²) in [7, 11) is 0. The molecule has 4 aromatic rings. The Balaban J connectivity index is 1.80. The summed E-state index contributed by atoms with van der Waals surface area (Å²) in [4.78, 5) is 33.1. The first kappa shape index (κ1) is 20.0. The smallest absolute Gasteiger partial charge is 0.297 e. The fourth-order valence-corrected chi connectivity index (χ4v) is 5.04. The Morgan fingerprint density at radius 1 is 1.23 bits per heavy atom. The van der Waals surface area contributed by atoms with Gasteiger partial charge in [0.2, 0.25) is 5.76 Å². The van der Waals surface area contributed by atoms with E-state index in [1.807, 2.05) is 43.5 Å². The summed E-state index contributed by atoms with van der Waals surface area (Å²) >= 11 is 4.77. The van der Waals surface area contributed by atoms with Crippen molar-refractivity contribution in [2.75, 3.05) is 11.5 Å². The van der Waals surface area contributed by atoms with Crippen LogP contribution in [0.1, 0.15) is 40.3 Å². The van der Waals surface area contributed by atoms with Crippen molar-refractivity contribution in [3.63, 3.8) is 0 Å². The fourth-order valence-electron chi connectivity index (χ4n) is 3.85. The second-order valence-electron chi connectivity index (χ2n) is 7.17. The minimum Gasteiger partial charge on any atom is -0.494 e. The Bertz CT molecular complexity index is 1390. The molecule has 0 radical (unpaired) electrons. The number of aryl methyl sites for hydroxylation is 1. The van der Waals surface area contributed by atoms with Crippen LogP contribution in [0.3, 0.4) is 0 Å². The van der Waals surface area contributed by atoms with E-state index >= 15 is 0 Å². The van der Waals surface area contributed by atoms with Crippen molar-refractivity contribution in [1.29, 1.82) is 0 Å². The first-order valence-corrected chi connectivity index (χ1v) is 11.4. The second kappa shape index (κ2) is 7.62. The molecule has 2 aromatic carbocycles. The predicted octanol–water partition coefficient (Wildman–Crippen LogP) is 5.47. The summed E-state index contributed by atoms with van der Waals surface area (Å²) in [5.41, 5.74) is 2.02. The van der Waals surface area contributed by atoms with Gasteiger partial charge in [-0.15, -0.1) is 11.3 Å². The topological polar surface area (TPSA) is 72.6 Å². The van der Waals surface area contributed by atoms with Gasteiger partial charge in [0.25, 0.3) is 5.91 Å². The number of hydrogen-bond donors (Lipinski definition) is 0. The molecule has 0 fully saturated rings. The molecule has 0 saturated heterocycles. The maximum Gasteiger partial charge on any atom is 0.297 e. The van der Waals surface area contributed by atoms with Gasteiger partial charge in [0.05, 0.1) is 29.3 Å². The van der Waals surface area contributed by atoms with Crippen molar-refractivity contribution in [2.45, 2.75) is 19.9 Å². The molecule has 8 heteroatoms. The zero-order valence-electron chi connectivity index (χ0n) is 16.7. The van der Waals surface area contributed by atoms with Crippen molar-refractivity contribution in [3.05, 3.63) is 85.1 Å². The molecule has 0 aliphatic carbocycles. The van der Waals surface area contributed by atoms with Crippen molar-refractivity contribution in [3.8, 4) is 5.75 Å². The van der Waals surface area contributed by atoms with E-state index in [9.17, 15) is 9.59 Å². The Labute approximate surface area is 190 Å². The molecule has 0 N–H and O–H groups in total. The highest BCUT2D eigenvalue weighted by molar-refractivity contribution is 9.10. The average molecular weight is 497 g/mol. The number of carbonyl (C=O) groups is 1. The van der Waals surface area contributed by atoms with E-state index in [1.54, 1.807) is 23.1 Å². The van der Waals surface area contributed by atoms with Crippen LogP contribution in [-0.2, 0) is 0 Å². The molecule has 1 amide bonds. The number of amides is 1. The molecule has 31 heavy (non-hydrogen) atoms. The number of anilines is 1. The number of halogens is 1. The molecule has 2 aromatic heterocycles. The van der Waals surface area contributed by atoms with Crippen LogP contribution in [0.15, 0.2) is 61.5 Å². The first-order valence-electron chi connectivity index (χ1n) is 9.72. The number of benzene rings is 2. The quantitative estimate of drug-likeness (QED) is 0.374. The number of hydrogen-bond acceptors (Lipinski definition) is 6. The number of aromatic nitrogens is 1. The lowest BCUT2D eigenvalue weighted by atomic mass is 9.98. The summed E-state index contributed by atoms with van der Waals surface area (Å²) in [6.45, 7) is 4.29. The summed E-state index contributed by atoms with van der Waals surface area (Å²) in [6.07, 6.45) is 0. The van der Waals surface area contributed by atoms with Crippen LogP contribution < -0.4 is 15.1 Å². The van der Waals surface area contributed by atoms with E-state index in [1.165, 1.54) is 11.3 Å². The Kier molecular flexibility index (Phi) is 4.91. The molecule has 1 aliphatic heterocycles. The third-order valence-corrected chi connectivity index (χ3v) is 6.58. The van der Waals surface area contributed by atoms with Crippen LogP contribution >= 0.6 is 27.3 Å². The second-order valence-corrected chi connectivity index (χ2v) is 8.92. The van der Waals surface area contributed by atoms with Crippen LogP contribution in [0.25, 0.3) is 11.0 Å². The van der Waals surface area contributed by atoms with Gasteiger partial charge in [-0.3, -0.25) is 14.5 Å². The van der Waals surface area contributed by atoms with Crippen LogP contribution in [0.2, 0.25) is 0 Å². The highest BCUT2D eigenvalue weighted by Gasteiger charge is 2.45. The minimum atomic E-state index is -0.659. The summed E-state index contributed by atoms with van der Waals surface area (Å²) in [5.74, 6) is 0.349. The van der Waals surface area contributed by atoms with Crippen molar-refractivity contribution in [2.24, 2.45) is 0 Å². The first-order chi connectivity index (χ1) is 15.0. The molecule has 156 valence electrons. The summed E-state index contributed by atoms with van der Waals surface area (Å²) in [6, 6.07) is 12.0. The molecule has 0 bridgehead atoms. The zero-order valence-corrected chi connectivity index (χ0v) is 19.1. The molecule has 0 saturated carbocycles. The van der Waals surface area contributed by atoms with Crippen molar-refractivity contribution < 1.29 is 13.9 Å². The fraction of sp³-hybridized carbons (Fsp3) is 0.174. The number of rotatable bonds is 4. The number of thiazole rings is 1. The van der Waals surface area contributed by atoms with Gasteiger partial charge in [-0.05, 0) is 49.7 Å². The van der Waals surface area contributed by atoms with E-state index in [0.717, 1.165) is 15.7 Å². The van der Waals surface area contributed by atoms with Crippen LogP contribution in [0.4, 0.5) is 5.13 Å². The van der Waals surface area contributed by atoms with Crippen LogP contribution in [-0.4, -0.2) is 17.5 Å². The molecule has 0 spiro atoms. The van der Waals surface area contributed by atoms with Gasteiger partial charge in [0.1, 0.15) is 11.3 Å². The Hall–Kier alpha value is -2.97. The number of carbonyl (C=O) groups excluding carboxylic acids is 1. The normalized spacial score (nSPS) is 15.5. The number of fused-ring (bicyclic) bond motifs is 2. The third-order valence-electron chi connectivity index (χ3n) is 5.13. The lowest BCUT2D eigenvalue weighted by Crippen LogP contribution is -2.29. The van der Waals surface area contributed by atoms with Crippen LogP contribution in [0.5, 0.6) is 5.75 Å². The number of ether oxygens (including phenoxy) is 1. The van der Waals surface area contributed by atoms with Gasteiger partial charge >= 0.3 is 0 Å². The Morgan fingerprint density at radius 2 is 2.06 bits per heavy atom. The maximum absolute atomic E-state index is 13.6. The monoisotopic (exact) mass is 496 g/mol. The predicted molar refractivity (Wildman–Crippen MR) is 123 cm³/mol. The standard InChI is InChI=1S/C23H17BrN2O4S/c1-3-29-15-6-4-5-13(9-15)19-18-20(27)16-10-14(24)7-8-17(16)30-21(18)22(28)26(19)23-25-12(2)11-31-23/h4-11,19H,3H2,1-2H3/t19-/m1/s1. The van der Waals surface area contributed by atoms with E-state index in [4.69, 9.17) is 9.15 Å². The lowest BCUT2D eigenvalue weighted by Gasteiger charge is -2.23. The molecular formula is C23H17BrN2O4S. The molecule has 0 unspecified atom stereocenters. The minimum absolute atomic E-state index is 0.0551. The summed E-state index contributed by atoms with van der Waals surface area (Å²) < 4.78 is 12.4. The van der Waals surface area contributed by atoms with Gasteiger partial charge in [-0.25, -0.2) is 4.98 Å². The zero-order chi connectivity index (χ0) is 21.7.